The average Bonchev–Trinajstić information content (AvgIpc) is 1.37. The van der Waals surface area contributed by atoms with Crippen molar-refractivity contribution in [3.05, 3.63) is 19.1 Å². The molecule has 0 amide bonds. The molecule has 1 heteroatoms. The Balaban J connectivity index is 0. The van der Waals surface area contributed by atoms with Crippen LogP contribution in [0.5, 0.6) is 0 Å². The third-order valence-corrected chi connectivity index (χ3v) is 0.236. The Labute approximate surface area is 76.1 Å². The van der Waals surface area contributed by atoms with Gasteiger partial charge in [0.05, 0.1) is 0 Å². The number of rotatable bonds is 1. The van der Waals surface area contributed by atoms with Crippen LogP contribution in [0.4, 0.5) is 0 Å². The molecular weight excluding hydrogens is 87.1 g/mol. The molecule has 0 aliphatic rings. The molecule has 0 nitrogen and oxygen atoms in total. The van der Waals surface area contributed by atoms with E-state index in [0.717, 1.165) is 0 Å². The van der Waals surface area contributed by atoms with E-state index in [0.29, 0.717) is 0 Å². The minimum atomic E-state index is 0. The first-order valence-electron chi connectivity index (χ1n) is 1.32. The molecule has 0 aromatic heterocycles. The molecule has 0 spiro atoms. The van der Waals surface area contributed by atoms with Gasteiger partial charge in [-0.25, -0.2) is 0 Å². The third kappa shape index (κ3) is 10.9. The fraction of sp³-hybridized carbons (Fsp3) is 0.250. The van der Waals surface area contributed by atoms with Crippen LogP contribution in [0.25, 0.3) is 0 Å². The standard InChI is InChI=1S/C4H7.K/c1-3-4-2;/h3-4H,1H2,2H3;/q;+1. The van der Waals surface area contributed by atoms with E-state index < -0.39 is 0 Å². The van der Waals surface area contributed by atoms with Gasteiger partial charge in [0.1, 0.15) is 0 Å². The summed E-state index contributed by atoms with van der Waals surface area (Å²) in [7, 11) is 0. The molecule has 5 heavy (non-hydrogen) atoms. The van der Waals surface area contributed by atoms with Crippen LogP contribution in [0.15, 0.2) is 12.7 Å². The van der Waals surface area contributed by atoms with E-state index in [1.165, 1.54) is 0 Å². The second-order valence-corrected chi connectivity index (χ2v) is 0.569. The molecule has 0 heterocycles. The van der Waals surface area contributed by atoms with Gasteiger partial charge in [0.2, 0.25) is 0 Å². The van der Waals surface area contributed by atoms with Crippen LogP contribution in [-0.4, -0.2) is 0 Å². The quantitative estimate of drug-likeness (QED) is 0.343. The van der Waals surface area contributed by atoms with E-state index in [4.69, 9.17) is 0 Å². The van der Waals surface area contributed by atoms with Gasteiger partial charge in [-0.05, 0) is 6.42 Å². The summed E-state index contributed by atoms with van der Waals surface area (Å²) in [4.78, 5) is 0. The Kier molecular flexibility index (Phi) is 17.4. The van der Waals surface area contributed by atoms with Gasteiger partial charge in [0.15, 0.2) is 0 Å². The van der Waals surface area contributed by atoms with Crippen LogP contribution in [0.1, 0.15) is 6.92 Å². The summed E-state index contributed by atoms with van der Waals surface area (Å²) in [6.07, 6.45) is 3.64. The molecule has 0 saturated heterocycles. The summed E-state index contributed by atoms with van der Waals surface area (Å²) in [5.41, 5.74) is 0. The molecule has 1 radical (unpaired) electrons. The van der Waals surface area contributed by atoms with Crippen LogP contribution in [0, 0.1) is 6.42 Å². The van der Waals surface area contributed by atoms with E-state index in [9.17, 15) is 0 Å². The molecule has 23 valence electrons. The summed E-state index contributed by atoms with van der Waals surface area (Å²) >= 11 is 0. The molecule has 0 aliphatic heterocycles. The Morgan fingerprint density at radius 1 is 1.60 bits per heavy atom. The summed E-state index contributed by atoms with van der Waals surface area (Å²) < 4.78 is 0. The molecule has 0 rings (SSSR count). The minimum Gasteiger partial charge on any atom is -0.103 e. The summed E-state index contributed by atoms with van der Waals surface area (Å²) in [6, 6.07) is 0. The predicted octanol–water partition coefficient (Wildman–Crippen LogP) is -1.60. The zero-order valence-electron chi connectivity index (χ0n) is 3.86. The molecule has 0 aromatic carbocycles. The first-order valence-corrected chi connectivity index (χ1v) is 1.32. The maximum Gasteiger partial charge on any atom is 1.00 e. The molecular formula is C4H7K+. The van der Waals surface area contributed by atoms with Gasteiger partial charge in [-0.1, -0.05) is 13.0 Å². The van der Waals surface area contributed by atoms with Crippen molar-refractivity contribution in [1.29, 1.82) is 0 Å². The van der Waals surface area contributed by atoms with Crippen LogP contribution in [0.3, 0.4) is 0 Å². The molecule has 0 N–H and O–H groups in total. The Morgan fingerprint density at radius 2 is 1.80 bits per heavy atom. The summed E-state index contributed by atoms with van der Waals surface area (Å²) in [5, 5.41) is 0. The molecule has 0 fully saturated rings. The van der Waals surface area contributed by atoms with Crippen molar-refractivity contribution < 1.29 is 51.4 Å². The van der Waals surface area contributed by atoms with Gasteiger partial charge in [0, 0.05) is 0 Å². The largest absolute Gasteiger partial charge is 1.00 e. The summed E-state index contributed by atoms with van der Waals surface area (Å²) in [5.74, 6) is 0. The van der Waals surface area contributed by atoms with E-state index in [-0.39, 0.29) is 51.4 Å². The molecule has 0 aromatic rings. The minimum absolute atomic E-state index is 0. The first-order chi connectivity index (χ1) is 1.91. The monoisotopic (exact) mass is 94.0 g/mol. The van der Waals surface area contributed by atoms with Gasteiger partial charge < -0.3 is 0 Å². The second-order valence-electron chi connectivity index (χ2n) is 0.569. The van der Waals surface area contributed by atoms with Crippen LogP contribution < -0.4 is 51.4 Å². The molecule has 0 aliphatic carbocycles. The van der Waals surface area contributed by atoms with E-state index in [1.807, 2.05) is 13.3 Å². The van der Waals surface area contributed by atoms with E-state index >= 15 is 0 Å². The maximum absolute atomic E-state index is 3.42. The Hall–Kier alpha value is 1.38. The number of allylic oxidation sites excluding steroid dienone is 1. The zero-order valence-corrected chi connectivity index (χ0v) is 6.98. The third-order valence-electron chi connectivity index (χ3n) is 0.236. The second kappa shape index (κ2) is 9.03. The predicted molar refractivity (Wildman–Crippen MR) is 20.2 cm³/mol. The molecule has 0 unspecified atom stereocenters. The van der Waals surface area contributed by atoms with Crippen molar-refractivity contribution in [2.24, 2.45) is 0 Å². The van der Waals surface area contributed by atoms with Gasteiger partial charge in [-0.3, -0.25) is 0 Å². The first kappa shape index (κ1) is 9.62. The van der Waals surface area contributed by atoms with Crippen molar-refractivity contribution in [1.82, 2.24) is 0 Å². The SMILES string of the molecule is C=C[CH]C.[K+]. The van der Waals surface area contributed by atoms with Crippen LogP contribution in [-0.2, 0) is 0 Å². The van der Waals surface area contributed by atoms with Crippen molar-refractivity contribution >= 4 is 0 Å². The van der Waals surface area contributed by atoms with Gasteiger partial charge in [-0.15, -0.1) is 6.58 Å². The van der Waals surface area contributed by atoms with Gasteiger partial charge >= 0.3 is 51.4 Å². The molecule has 0 bridgehead atoms. The Bertz CT molecular complexity index is 17.6. The summed E-state index contributed by atoms with van der Waals surface area (Å²) in [6.45, 7) is 5.36. The fourth-order valence-electron chi connectivity index (χ4n) is 0. The van der Waals surface area contributed by atoms with E-state index in [1.54, 1.807) is 6.08 Å². The van der Waals surface area contributed by atoms with Crippen LogP contribution in [0.2, 0.25) is 0 Å². The topological polar surface area (TPSA) is 0 Å². The molecule has 0 atom stereocenters. The van der Waals surface area contributed by atoms with E-state index in [2.05, 4.69) is 6.58 Å². The normalized spacial score (nSPS) is 5.00. The molecule has 0 saturated carbocycles. The average molecular weight is 94.2 g/mol. The number of hydrogen-bond acceptors (Lipinski definition) is 0. The van der Waals surface area contributed by atoms with Crippen molar-refractivity contribution in [2.75, 3.05) is 0 Å². The number of hydrogen-bond donors (Lipinski definition) is 0. The van der Waals surface area contributed by atoms with Crippen LogP contribution >= 0.6 is 0 Å². The van der Waals surface area contributed by atoms with Gasteiger partial charge in [-0.2, -0.15) is 0 Å². The fourth-order valence-corrected chi connectivity index (χ4v) is 0. The van der Waals surface area contributed by atoms with Crippen molar-refractivity contribution in [3.63, 3.8) is 0 Å². The zero-order chi connectivity index (χ0) is 3.41. The Morgan fingerprint density at radius 3 is 1.80 bits per heavy atom. The maximum atomic E-state index is 3.42. The van der Waals surface area contributed by atoms with Crippen molar-refractivity contribution in [2.45, 2.75) is 6.92 Å². The van der Waals surface area contributed by atoms with Crippen molar-refractivity contribution in [3.8, 4) is 0 Å². The smallest absolute Gasteiger partial charge is 0.103 e. The van der Waals surface area contributed by atoms with Gasteiger partial charge in [0.25, 0.3) is 0 Å².